The first-order valence-corrected chi connectivity index (χ1v) is 11.8. The Morgan fingerprint density at radius 3 is 2.61 bits per heavy atom. The first kappa shape index (κ1) is 22.9. The SMILES string of the molecule is C=C\N=C(/C=C/N=C/c1cccc(/C=C/C)c1C)N1CCC2(CC1)Cc1ccccc1[C@H]2N. The van der Waals surface area contributed by atoms with Crippen molar-refractivity contribution in [2.45, 2.75) is 39.2 Å². The number of nitrogens with zero attached hydrogens (tertiary/aromatic N) is 3. The fraction of sp³-hybridized carbons (Fsp3) is 0.310. The van der Waals surface area contributed by atoms with Crippen LogP contribution in [0.2, 0.25) is 0 Å². The van der Waals surface area contributed by atoms with E-state index in [2.05, 4.69) is 83.0 Å². The molecule has 1 atom stereocenters. The lowest BCUT2D eigenvalue weighted by Gasteiger charge is -2.42. The predicted octanol–water partition coefficient (Wildman–Crippen LogP) is 5.84. The summed E-state index contributed by atoms with van der Waals surface area (Å²) in [6.45, 7) is 9.84. The molecule has 2 aromatic carbocycles. The molecule has 4 heteroatoms. The monoisotopic (exact) mass is 438 g/mol. The molecule has 0 saturated carbocycles. The molecule has 4 nitrogen and oxygen atoms in total. The number of amidine groups is 1. The fourth-order valence-electron chi connectivity index (χ4n) is 5.22. The minimum atomic E-state index is 0.123. The van der Waals surface area contributed by atoms with Crippen molar-refractivity contribution in [1.29, 1.82) is 0 Å². The second-order valence-electron chi connectivity index (χ2n) is 9.03. The van der Waals surface area contributed by atoms with E-state index in [4.69, 9.17) is 5.73 Å². The Balaban J connectivity index is 1.42. The Morgan fingerprint density at radius 1 is 1.12 bits per heavy atom. The number of benzene rings is 2. The van der Waals surface area contributed by atoms with Gasteiger partial charge in [-0.2, -0.15) is 0 Å². The number of fused-ring (bicyclic) bond motifs is 1. The molecule has 0 unspecified atom stereocenters. The smallest absolute Gasteiger partial charge is 0.129 e. The minimum absolute atomic E-state index is 0.123. The van der Waals surface area contributed by atoms with Gasteiger partial charge in [0.15, 0.2) is 0 Å². The molecule has 170 valence electrons. The van der Waals surface area contributed by atoms with Crippen LogP contribution in [0.4, 0.5) is 0 Å². The molecule has 0 bridgehead atoms. The Labute approximate surface area is 198 Å². The molecule has 2 aromatic rings. The van der Waals surface area contributed by atoms with E-state index in [1.807, 2.05) is 25.4 Å². The first-order valence-electron chi connectivity index (χ1n) is 11.8. The van der Waals surface area contributed by atoms with E-state index in [0.29, 0.717) is 0 Å². The summed E-state index contributed by atoms with van der Waals surface area (Å²) in [4.78, 5) is 11.4. The van der Waals surface area contributed by atoms with Crippen molar-refractivity contribution in [3.8, 4) is 0 Å². The average Bonchev–Trinajstić information content (AvgIpc) is 3.10. The largest absolute Gasteiger partial charge is 0.357 e. The zero-order chi connectivity index (χ0) is 23.3. The van der Waals surface area contributed by atoms with Crippen molar-refractivity contribution < 1.29 is 0 Å². The van der Waals surface area contributed by atoms with Crippen LogP contribution in [0.5, 0.6) is 0 Å². The first-order chi connectivity index (χ1) is 16.1. The van der Waals surface area contributed by atoms with Gasteiger partial charge in [-0.05, 0) is 72.4 Å². The van der Waals surface area contributed by atoms with Gasteiger partial charge in [-0.25, -0.2) is 4.99 Å². The third-order valence-corrected chi connectivity index (χ3v) is 7.19. The second kappa shape index (κ2) is 10.1. The van der Waals surface area contributed by atoms with E-state index in [9.17, 15) is 0 Å². The van der Waals surface area contributed by atoms with Crippen LogP contribution in [0.25, 0.3) is 6.08 Å². The highest BCUT2D eigenvalue weighted by Crippen LogP contribution is 2.50. The zero-order valence-corrected chi connectivity index (χ0v) is 19.7. The highest BCUT2D eigenvalue weighted by atomic mass is 15.2. The van der Waals surface area contributed by atoms with Gasteiger partial charge in [0.05, 0.1) is 0 Å². The molecule has 33 heavy (non-hydrogen) atoms. The van der Waals surface area contributed by atoms with E-state index in [1.165, 1.54) is 22.3 Å². The van der Waals surface area contributed by atoms with Crippen LogP contribution in [0.1, 0.15) is 53.6 Å². The minimum Gasteiger partial charge on any atom is -0.357 e. The molecular weight excluding hydrogens is 404 g/mol. The summed E-state index contributed by atoms with van der Waals surface area (Å²) in [5.74, 6) is 0.903. The lowest BCUT2D eigenvalue weighted by atomic mass is 9.73. The maximum Gasteiger partial charge on any atom is 0.129 e. The summed E-state index contributed by atoms with van der Waals surface area (Å²) >= 11 is 0. The molecular formula is C29H34N4. The van der Waals surface area contributed by atoms with Gasteiger partial charge in [-0.1, -0.05) is 61.2 Å². The van der Waals surface area contributed by atoms with E-state index < -0.39 is 0 Å². The Morgan fingerprint density at radius 2 is 1.88 bits per heavy atom. The van der Waals surface area contributed by atoms with Crippen LogP contribution < -0.4 is 5.73 Å². The van der Waals surface area contributed by atoms with Gasteiger partial charge >= 0.3 is 0 Å². The molecule has 1 heterocycles. The maximum absolute atomic E-state index is 6.73. The van der Waals surface area contributed by atoms with Crippen LogP contribution in [-0.2, 0) is 6.42 Å². The zero-order valence-electron chi connectivity index (χ0n) is 19.7. The molecule has 0 aromatic heterocycles. The van der Waals surface area contributed by atoms with E-state index in [0.717, 1.165) is 43.8 Å². The van der Waals surface area contributed by atoms with Gasteiger partial charge < -0.3 is 10.6 Å². The van der Waals surface area contributed by atoms with Crippen LogP contribution in [0, 0.1) is 12.3 Å². The van der Waals surface area contributed by atoms with Gasteiger partial charge in [-0.15, -0.1) is 0 Å². The van der Waals surface area contributed by atoms with Crippen molar-refractivity contribution in [2.24, 2.45) is 21.1 Å². The van der Waals surface area contributed by atoms with Crippen LogP contribution in [-0.4, -0.2) is 30.0 Å². The molecule has 2 N–H and O–H groups in total. The third-order valence-electron chi connectivity index (χ3n) is 7.19. The Hall–Kier alpha value is -3.24. The second-order valence-corrected chi connectivity index (χ2v) is 9.03. The molecule has 1 aliphatic heterocycles. The predicted molar refractivity (Wildman–Crippen MR) is 141 cm³/mol. The average molecular weight is 439 g/mol. The molecule has 0 radical (unpaired) electrons. The van der Waals surface area contributed by atoms with Gasteiger partial charge in [0.1, 0.15) is 5.84 Å². The van der Waals surface area contributed by atoms with E-state index in [1.54, 1.807) is 6.20 Å². The summed E-state index contributed by atoms with van der Waals surface area (Å²) in [7, 11) is 0. The van der Waals surface area contributed by atoms with Gasteiger partial charge in [0.2, 0.25) is 0 Å². The number of likely N-dealkylation sites (tertiary alicyclic amines) is 1. The molecule has 1 aliphatic carbocycles. The normalized spacial score (nSPS) is 20.4. The summed E-state index contributed by atoms with van der Waals surface area (Å²) < 4.78 is 0. The van der Waals surface area contributed by atoms with Gasteiger partial charge in [0, 0.05) is 37.7 Å². The number of nitrogens with two attached hydrogens (primary N) is 1. The van der Waals surface area contributed by atoms with E-state index >= 15 is 0 Å². The standard InChI is InChI=1S/C29H34N4/c1-4-9-23-11-8-12-25(22(23)3)21-31-17-14-27(32-5-2)33-18-15-29(16-19-33)20-24-10-6-7-13-26(24)28(29)30/h4-14,17,21,28H,2,15-16,18-20,30H2,1,3H3/b9-4+,17-14+,31-21+,32-27+/t28-/m1/s1. The molecule has 1 fully saturated rings. The maximum atomic E-state index is 6.73. The van der Waals surface area contributed by atoms with Crippen molar-refractivity contribution >= 4 is 18.1 Å². The summed E-state index contributed by atoms with van der Waals surface area (Å²) in [6, 6.07) is 15.1. The number of aliphatic imine (C=N–C) groups is 2. The molecule has 4 rings (SSSR count). The topological polar surface area (TPSA) is 54.0 Å². The lowest BCUT2D eigenvalue weighted by molar-refractivity contribution is 0.128. The van der Waals surface area contributed by atoms with Gasteiger partial charge in [-0.3, -0.25) is 4.99 Å². The summed E-state index contributed by atoms with van der Waals surface area (Å²) in [5.41, 5.74) is 13.2. The van der Waals surface area contributed by atoms with Crippen LogP contribution >= 0.6 is 0 Å². The summed E-state index contributed by atoms with van der Waals surface area (Å²) in [5, 5.41) is 0. The van der Waals surface area contributed by atoms with E-state index in [-0.39, 0.29) is 11.5 Å². The number of piperidine rings is 1. The number of hydrogen-bond donors (Lipinski definition) is 1. The molecule has 1 saturated heterocycles. The highest BCUT2D eigenvalue weighted by molar-refractivity contribution is 5.94. The lowest BCUT2D eigenvalue weighted by Crippen LogP contribution is -2.46. The molecule has 2 aliphatic rings. The molecule has 1 spiro atoms. The van der Waals surface area contributed by atoms with Crippen LogP contribution in [0.15, 0.2) is 83.6 Å². The highest BCUT2D eigenvalue weighted by Gasteiger charge is 2.45. The third kappa shape index (κ3) is 4.76. The molecule has 0 amide bonds. The van der Waals surface area contributed by atoms with Crippen molar-refractivity contribution in [1.82, 2.24) is 4.90 Å². The quantitative estimate of drug-likeness (QED) is 0.471. The number of rotatable bonds is 5. The number of allylic oxidation sites excluding steroid dienone is 1. The van der Waals surface area contributed by atoms with Crippen molar-refractivity contribution in [3.63, 3.8) is 0 Å². The van der Waals surface area contributed by atoms with Crippen molar-refractivity contribution in [2.75, 3.05) is 13.1 Å². The van der Waals surface area contributed by atoms with Gasteiger partial charge in [0.25, 0.3) is 0 Å². The summed E-state index contributed by atoms with van der Waals surface area (Å²) in [6.07, 6.45) is 14.7. The Bertz CT molecular complexity index is 1110. The number of hydrogen-bond acceptors (Lipinski definition) is 3. The Kier molecular flexibility index (Phi) is 7.05. The van der Waals surface area contributed by atoms with Crippen LogP contribution in [0.3, 0.4) is 0 Å². The fourth-order valence-corrected chi connectivity index (χ4v) is 5.22. The van der Waals surface area contributed by atoms with Crippen molar-refractivity contribution in [3.05, 3.63) is 101 Å².